The first-order valence-corrected chi connectivity index (χ1v) is 4.30. The van der Waals surface area contributed by atoms with E-state index in [4.69, 9.17) is 5.11 Å². The quantitative estimate of drug-likeness (QED) is 0.493. The molecule has 0 aliphatic carbocycles. The van der Waals surface area contributed by atoms with Crippen molar-refractivity contribution < 1.29 is 5.11 Å². The van der Waals surface area contributed by atoms with Gasteiger partial charge in [-0.1, -0.05) is 30.0 Å². The van der Waals surface area contributed by atoms with Crippen molar-refractivity contribution in [3.63, 3.8) is 0 Å². The zero-order chi connectivity index (χ0) is 8.81. The van der Waals surface area contributed by atoms with Crippen molar-refractivity contribution in [1.82, 2.24) is 0 Å². The van der Waals surface area contributed by atoms with Crippen LogP contribution in [0.3, 0.4) is 0 Å². The smallest absolute Gasteiger partial charge is 0.0694 e. The third-order valence-electron chi connectivity index (χ3n) is 1.49. The highest BCUT2D eigenvalue weighted by Crippen LogP contribution is 2.06. The summed E-state index contributed by atoms with van der Waals surface area (Å²) in [6, 6.07) is 7.55. The maximum absolute atomic E-state index is 8.93. The van der Waals surface area contributed by atoms with Crippen molar-refractivity contribution in [2.24, 2.45) is 0 Å². The van der Waals surface area contributed by atoms with E-state index in [1.54, 1.807) is 0 Å². The Morgan fingerprint density at radius 1 is 1.33 bits per heavy atom. The minimum Gasteiger partial charge on any atom is -0.392 e. The number of aliphatic hydroxyl groups excluding tert-OH is 1. The third kappa shape index (κ3) is 2.30. The highest BCUT2D eigenvalue weighted by atomic mass is 32.1. The summed E-state index contributed by atoms with van der Waals surface area (Å²) in [5.41, 5.74) is 1.75. The fourth-order valence-electron chi connectivity index (χ4n) is 0.915. The fraction of sp³-hybridized carbons (Fsp3) is 0.200. The molecule has 1 aromatic carbocycles. The summed E-state index contributed by atoms with van der Waals surface area (Å²) in [7, 11) is 0. The lowest BCUT2D eigenvalue weighted by molar-refractivity contribution is 0.281. The third-order valence-corrected chi connectivity index (χ3v) is 1.65. The molecule has 0 aliphatic rings. The standard InChI is InChI=1S/C10H10OS/c11-8-10-5-2-1-4-9(10)6-3-7-12/h1-2,4-5,11-12H,7-8H2. The Bertz CT molecular complexity index is 309. The maximum Gasteiger partial charge on any atom is 0.0694 e. The minimum absolute atomic E-state index is 0.0391. The second-order valence-corrected chi connectivity index (χ2v) is 2.59. The van der Waals surface area contributed by atoms with Gasteiger partial charge in [0, 0.05) is 5.56 Å². The molecule has 12 heavy (non-hydrogen) atoms. The van der Waals surface area contributed by atoms with Gasteiger partial charge >= 0.3 is 0 Å². The molecule has 1 rings (SSSR count). The van der Waals surface area contributed by atoms with Gasteiger partial charge in [0.15, 0.2) is 0 Å². The van der Waals surface area contributed by atoms with Gasteiger partial charge in [-0.15, -0.1) is 0 Å². The van der Waals surface area contributed by atoms with Crippen LogP contribution >= 0.6 is 12.6 Å². The van der Waals surface area contributed by atoms with Crippen LogP contribution in [0.25, 0.3) is 0 Å². The molecule has 2 heteroatoms. The Morgan fingerprint density at radius 3 is 2.75 bits per heavy atom. The molecule has 0 unspecified atom stereocenters. The zero-order valence-corrected chi connectivity index (χ0v) is 7.51. The second kappa shape index (κ2) is 4.87. The van der Waals surface area contributed by atoms with E-state index in [1.165, 1.54) is 0 Å². The monoisotopic (exact) mass is 178 g/mol. The highest BCUT2D eigenvalue weighted by molar-refractivity contribution is 7.80. The molecule has 1 N–H and O–H groups in total. The van der Waals surface area contributed by atoms with E-state index in [0.29, 0.717) is 5.75 Å². The summed E-state index contributed by atoms with van der Waals surface area (Å²) in [6.45, 7) is 0.0391. The minimum atomic E-state index is 0.0391. The van der Waals surface area contributed by atoms with E-state index in [0.717, 1.165) is 11.1 Å². The lowest BCUT2D eigenvalue weighted by Gasteiger charge is -1.97. The maximum atomic E-state index is 8.93. The summed E-state index contributed by atoms with van der Waals surface area (Å²) in [5.74, 6) is 6.31. The van der Waals surface area contributed by atoms with E-state index in [1.807, 2.05) is 24.3 Å². The summed E-state index contributed by atoms with van der Waals surface area (Å²) in [4.78, 5) is 0. The molecule has 1 aromatic rings. The van der Waals surface area contributed by atoms with Crippen LogP contribution in [0.5, 0.6) is 0 Å². The molecule has 0 heterocycles. The predicted octanol–water partition coefficient (Wildman–Crippen LogP) is 1.46. The van der Waals surface area contributed by atoms with Gasteiger partial charge < -0.3 is 5.11 Å². The second-order valence-electron chi connectivity index (χ2n) is 2.28. The first-order valence-electron chi connectivity index (χ1n) is 3.67. The Kier molecular flexibility index (Phi) is 3.72. The molecule has 0 fully saturated rings. The number of aliphatic hydroxyl groups is 1. The molecule has 0 aliphatic heterocycles. The number of benzene rings is 1. The van der Waals surface area contributed by atoms with Gasteiger partial charge in [-0.3, -0.25) is 0 Å². The summed E-state index contributed by atoms with van der Waals surface area (Å²) >= 11 is 3.98. The molecule has 1 nitrogen and oxygen atoms in total. The summed E-state index contributed by atoms with van der Waals surface area (Å²) in [5, 5.41) is 8.93. The van der Waals surface area contributed by atoms with Crippen molar-refractivity contribution in [3.05, 3.63) is 35.4 Å². The van der Waals surface area contributed by atoms with Gasteiger partial charge in [-0.05, 0) is 11.6 Å². The highest BCUT2D eigenvalue weighted by Gasteiger charge is 1.94. The SMILES string of the molecule is OCc1ccccc1C#CCS. The van der Waals surface area contributed by atoms with E-state index in [9.17, 15) is 0 Å². The molecule has 0 atom stereocenters. The lowest BCUT2D eigenvalue weighted by Crippen LogP contribution is -1.87. The Morgan fingerprint density at radius 2 is 2.08 bits per heavy atom. The molecule has 0 spiro atoms. The normalized spacial score (nSPS) is 8.83. The molecule has 0 bridgehead atoms. The molecule has 0 saturated heterocycles. The molecule has 0 saturated carbocycles. The Hall–Kier alpha value is -0.910. The number of rotatable bonds is 1. The number of hydrogen-bond donors (Lipinski definition) is 2. The molecular weight excluding hydrogens is 168 g/mol. The average molecular weight is 178 g/mol. The first kappa shape index (κ1) is 9.18. The van der Waals surface area contributed by atoms with Gasteiger partial charge in [0.2, 0.25) is 0 Å². The Balaban J connectivity index is 2.97. The van der Waals surface area contributed by atoms with E-state index in [2.05, 4.69) is 24.5 Å². The van der Waals surface area contributed by atoms with Crippen LogP contribution in [0.1, 0.15) is 11.1 Å². The number of thiol groups is 1. The van der Waals surface area contributed by atoms with Crippen LogP contribution in [-0.2, 0) is 6.61 Å². The van der Waals surface area contributed by atoms with Crippen LogP contribution in [0, 0.1) is 11.8 Å². The van der Waals surface area contributed by atoms with Crippen molar-refractivity contribution in [2.75, 3.05) is 5.75 Å². The molecule has 62 valence electrons. The topological polar surface area (TPSA) is 20.2 Å². The Labute approximate surface area is 77.8 Å². The van der Waals surface area contributed by atoms with Crippen LogP contribution in [0.2, 0.25) is 0 Å². The van der Waals surface area contributed by atoms with Crippen LogP contribution < -0.4 is 0 Å². The summed E-state index contributed by atoms with van der Waals surface area (Å²) in [6.07, 6.45) is 0. The molecule has 0 aromatic heterocycles. The van der Waals surface area contributed by atoms with Crippen LogP contribution in [0.4, 0.5) is 0 Å². The first-order chi connectivity index (χ1) is 5.88. The summed E-state index contributed by atoms with van der Waals surface area (Å²) < 4.78 is 0. The van der Waals surface area contributed by atoms with Crippen LogP contribution in [0.15, 0.2) is 24.3 Å². The fourth-order valence-corrected chi connectivity index (χ4v) is 0.994. The largest absolute Gasteiger partial charge is 0.392 e. The van der Waals surface area contributed by atoms with Gasteiger partial charge in [-0.2, -0.15) is 12.6 Å². The van der Waals surface area contributed by atoms with E-state index < -0.39 is 0 Å². The van der Waals surface area contributed by atoms with Crippen molar-refractivity contribution in [2.45, 2.75) is 6.61 Å². The van der Waals surface area contributed by atoms with Crippen molar-refractivity contribution >= 4 is 12.6 Å². The van der Waals surface area contributed by atoms with Gasteiger partial charge in [0.1, 0.15) is 0 Å². The number of hydrogen-bond acceptors (Lipinski definition) is 2. The van der Waals surface area contributed by atoms with Gasteiger partial charge in [-0.25, -0.2) is 0 Å². The lowest BCUT2D eigenvalue weighted by atomic mass is 10.1. The van der Waals surface area contributed by atoms with E-state index >= 15 is 0 Å². The van der Waals surface area contributed by atoms with Crippen LogP contribution in [-0.4, -0.2) is 10.9 Å². The van der Waals surface area contributed by atoms with E-state index in [-0.39, 0.29) is 6.61 Å². The van der Waals surface area contributed by atoms with Gasteiger partial charge in [0.05, 0.1) is 12.4 Å². The molecule has 0 radical (unpaired) electrons. The van der Waals surface area contributed by atoms with Gasteiger partial charge in [0.25, 0.3) is 0 Å². The predicted molar refractivity (Wildman–Crippen MR) is 53.1 cm³/mol. The zero-order valence-electron chi connectivity index (χ0n) is 6.62. The average Bonchev–Trinajstić information content (AvgIpc) is 2.15. The van der Waals surface area contributed by atoms with Crippen molar-refractivity contribution in [3.8, 4) is 11.8 Å². The van der Waals surface area contributed by atoms with Crippen molar-refractivity contribution in [1.29, 1.82) is 0 Å². The molecular formula is C10H10OS. The molecule has 0 amide bonds.